The van der Waals surface area contributed by atoms with E-state index >= 15 is 0 Å². The van der Waals surface area contributed by atoms with Crippen molar-refractivity contribution in [3.05, 3.63) is 15.9 Å². The highest BCUT2D eigenvalue weighted by Gasteiger charge is 2.17. The summed E-state index contributed by atoms with van der Waals surface area (Å²) in [7, 11) is 0. The van der Waals surface area contributed by atoms with E-state index < -0.39 is 0 Å². The maximum atomic E-state index is 12.0. The molecule has 0 aromatic carbocycles. The van der Waals surface area contributed by atoms with Gasteiger partial charge in [-0.1, -0.05) is 0 Å². The summed E-state index contributed by atoms with van der Waals surface area (Å²) in [5.41, 5.74) is 2.06. The minimum absolute atomic E-state index is 0.222. The van der Waals surface area contributed by atoms with Gasteiger partial charge in [-0.25, -0.2) is 0 Å². The van der Waals surface area contributed by atoms with Crippen molar-refractivity contribution in [2.24, 2.45) is 0 Å². The lowest BCUT2D eigenvalue weighted by Gasteiger charge is -2.27. The lowest BCUT2D eigenvalue weighted by Crippen LogP contribution is -2.46. The first-order valence-corrected chi connectivity index (χ1v) is 7.07. The Labute approximate surface area is 116 Å². The van der Waals surface area contributed by atoms with Gasteiger partial charge in [0.25, 0.3) is 0 Å². The van der Waals surface area contributed by atoms with Gasteiger partial charge in [-0.3, -0.25) is 9.48 Å². The summed E-state index contributed by atoms with van der Waals surface area (Å²) in [5.74, 6) is 0.222. The van der Waals surface area contributed by atoms with Crippen LogP contribution in [0.1, 0.15) is 17.8 Å². The van der Waals surface area contributed by atoms with Crippen molar-refractivity contribution >= 4 is 21.8 Å². The number of rotatable bonds is 3. The first-order valence-electron chi connectivity index (χ1n) is 6.27. The average molecular weight is 315 g/mol. The Balaban J connectivity index is 1.90. The van der Waals surface area contributed by atoms with Crippen LogP contribution >= 0.6 is 15.9 Å². The number of aryl methyl sites for hydroxylation is 2. The molecule has 1 fully saturated rings. The molecule has 6 heteroatoms. The summed E-state index contributed by atoms with van der Waals surface area (Å²) in [6, 6.07) is 0. The van der Waals surface area contributed by atoms with Crippen LogP contribution in [0.15, 0.2) is 4.47 Å². The molecule has 1 aromatic rings. The number of nitrogens with zero attached hydrogens (tertiary/aromatic N) is 3. The zero-order valence-electron chi connectivity index (χ0n) is 10.9. The molecule has 2 rings (SSSR count). The first kappa shape index (κ1) is 13.5. The van der Waals surface area contributed by atoms with E-state index in [-0.39, 0.29) is 5.91 Å². The topological polar surface area (TPSA) is 50.2 Å². The normalized spacial score (nSPS) is 16.1. The lowest BCUT2D eigenvalue weighted by molar-refractivity contribution is -0.132. The van der Waals surface area contributed by atoms with Crippen molar-refractivity contribution in [2.75, 3.05) is 26.2 Å². The molecule has 0 unspecified atom stereocenters. The van der Waals surface area contributed by atoms with Crippen molar-refractivity contribution in [3.63, 3.8) is 0 Å². The van der Waals surface area contributed by atoms with E-state index in [0.29, 0.717) is 13.0 Å². The van der Waals surface area contributed by atoms with E-state index in [1.165, 1.54) is 0 Å². The molecule has 1 N–H and O–H groups in total. The number of nitrogens with one attached hydrogen (secondary N) is 1. The van der Waals surface area contributed by atoms with Gasteiger partial charge in [0.15, 0.2) is 0 Å². The Kier molecular flexibility index (Phi) is 4.40. The average Bonchev–Trinajstić information content (AvgIpc) is 2.64. The molecule has 0 aliphatic carbocycles. The quantitative estimate of drug-likeness (QED) is 0.908. The number of carbonyl (C=O) groups excluding carboxylic acids is 1. The molecule has 0 radical (unpaired) electrons. The predicted molar refractivity (Wildman–Crippen MR) is 73.5 cm³/mol. The standard InChI is InChI=1S/C12H19BrN4O/c1-9-12(13)10(2)17(15-9)6-3-11(18)16-7-4-14-5-8-16/h14H,3-8H2,1-2H3. The van der Waals surface area contributed by atoms with Crippen molar-refractivity contribution < 1.29 is 4.79 Å². The number of aromatic nitrogens is 2. The van der Waals surface area contributed by atoms with Gasteiger partial charge in [0.1, 0.15) is 0 Å². The zero-order valence-corrected chi connectivity index (χ0v) is 12.5. The third-order valence-electron chi connectivity index (χ3n) is 3.30. The van der Waals surface area contributed by atoms with Gasteiger partial charge in [-0.15, -0.1) is 0 Å². The second kappa shape index (κ2) is 5.84. The van der Waals surface area contributed by atoms with Crippen LogP contribution in [0.5, 0.6) is 0 Å². The zero-order chi connectivity index (χ0) is 13.1. The Morgan fingerprint density at radius 3 is 2.61 bits per heavy atom. The molecule has 1 aliphatic rings. The smallest absolute Gasteiger partial charge is 0.224 e. The highest BCUT2D eigenvalue weighted by atomic mass is 79.9. The molecule has 2 heterocycles. The molecule has 0 atom stereocenters. The van der Waals surface area contributed by atoms with Gasteiger partial charge in [-0.2, -0.15) is 5.10 Å². The van der Waals surface area contributed by atoms with E-state index in [9.17, 15) is 4.79 Å². The second-order valence-corrected chi connectivity index (χ2v) is 5.38. The van der Waals surface area contributed by atoms with Crippen LogP contribution in [0, 0.1) is 13.8 Å². The highest BCUT2D eigenvalue weighted by Crippen LogP contribution is 2.19. The molecular formula is C12H19BrN4O. The summed E-state index contributed by atoms with van der Waals surface area (Å²) in [6.07, 6.45) is 0.522. The fraction of sp³-hybridized carbons (Fsp3) is 0.667. The van der Waals surface area contributed by atoms with Crippen molar-refractivity contribution in [1.29, 1.82) is 0 Å². The number of amides is 1. The van der Waals surface area contributed by atoms with Gasteiger partial charge < -0.3 is 10.2 Å². The Hall–Kier alpha value is -0.880. The third kappa shape index (κ3) is 2.92. The molecule has 0 saturated carbocycles. The highest BCUT2D eigenvalue weighted by molar-refractivity contribution is 9.10. The molecule has 1 aromatic heterocycles. The fourth-order valence-corrected chi connectivity index (χ4v) is 2.45. The van der Waals surface area contributed by atoms with Crippen LogP contribution in [0.3, 0.4) is 0 Å². The fourth-order valence-electron chi connectivity index (χ4n) is 2.17. The van der Waals surface area contributed by atoms with Crippen molar-refractivity contribution in [2.45, 2.75) is 26.8 Å². The summed E-state index contributed by atoms with van der Waals surface area (Å²) in [4.78, 5) is 13.9. The first-order chi connectivity index (χ1) is 8.59. The molecule has 1 aliphatic heterocycles. The van der Waals surface area contributed by atoms with E-state index in [1.807, 2.05) is 23.4 Å². The lowest BCUT2D eigenvalue weighted by atomic mass is 10.3. The predicted octanol–water partition coefficient (Wildman–Crippen LogP) is 1.08. The summed E-state index contributed by atoms with van der Waals surface area (Å²) < 4.78 is 2.94. The van der Waals surface area contributed by atoms with Crippen LogP contribution in [-0.2, 0) is 11.3 Å². The number of hydrogen-bond donors (Lipinski definition) is 1. The van der Waals surface area contributed by atoms with Crippen LogP contribution < -0.4 is 5.32 Å². The summed E-state index contributed by atoms with van der Waals surface area (Å²) >= 11 is 3.50. The monoisotopic (exact) mass is 314 g/mol. The summed E-state index contributed by atoms with van der Waals surface area (Å²) in [6.45, 7) is 8.07. The maximum absolute atomic E-state index is 12.0. The molecule has 1 saturated heterocycles. The maximum Gasteiger partial charge on any atom is 0.224 e. The van der Waals surface area contributed by atoms with E-state index in [0.717, 1.165) is 42.0 Å². The van der Waals surface area contributed by atoms with Crippen LogP contribution in [0.4, 0.5) is 0 Å². The molecule has 18 heavy (non-hydrogen) atoms. The molecule has 5 nitrogen and oxygen atoms in total. The molecule has 100 valence electrons. The van der Waals surface area contributed by atoms with Gasteiger partial charge in [0.05, 0.1) is 16.7 Å². The van der Waals surface area contributed by atoms with Gasteiger partial charge in [-0.05, 0) is 29.8 Å². The van der Waals surface area contributed by atoms with Crippen molar-refractivity contribution in [3.8, 4) is 0 Å². The summed E-state index contributed by atoms with van der Waals surface area (Å²) in [5, 5.41) is 7.66. The van der Waals surface area contributed by atoms with Gasteiger partial charge >= 0.3 is 0 Å². The van der Waals surface area contributed by atoms with Crippen molar-refractivity contribution in [1.82, 2.24) is 20.0 Å². The Morgan fingerprint density at radius 1 is 1.39 bits per heavy atom. The number of carbonyl (C=O) groups is 1. The Morgan fingerprint density at radius 2 is 2.06 bits per heavy atom. The molecule has 1 amide bonds. The molecule has 0 spiro atoms. The molecular weight excluding hydrogens is 296 g/mol. The SMILES string of the molecule is Cc1nn(CCC(=O)N2CCNCC2)c(C)c1Br. The van der Waals surface area contributed by atoms with E-state index in [4.69, 9.17) is 0 Å². The van der Waals surface area contributed by atoms with E-state index in [2.05, 4.69) is 26.3 Å². The number of halogens is 1. The van der Waals surface area contributed by atoms with Crippen LogP contribution in [0.2, 0.25) is 0 Å². The van der Waals surface area contributed by atoms with Crippen LogP contribution in [-0.4, -0.2) is 46.8 Å². The van der Waals surface area contributed by atoms with Crippen LogP contribution in [0.25, 0.3) is 0 Å². The second-order valence-electron chi connectivity index (χ2n) is 4.59. The number of hydrogen-bond acceptors (Lipinski definition) is 3. The van der Waals surface area contributed by atoms with Gasteiger partial charge in [0, 0.05) is 38.3 Å². The molecule has 0 bridgehead atoms. The van der Waals surface area contributed by atoms with Gasteiger partial charge in [0.2, 0.25) is 5.91 Å². The Bertz CT molecular complexity index is 438. The minimum atomic E-state index is 0.222. The number of piperazine rings is 1. The minimum Gasteiger partial charge on any atom is -0.340 e. The largest absolute Gasteiger partial charge is 0.340 e. The van der Waals surface area contributed by atoms with E-state index in [1.54, 1.807) is 0 Å². The third-order valence-corrected chi connectivity index (χ3v) is 4.45.